The maximum atomic E-state index is 13.7. The first-order chi connectivity index (χ1) is 17.4. The lowest BCUT2D eigenvalue weighted by atomic mass is 10.1. The maximum absolute atomic E-state index is 13.7. The first kappa shape index (κ1) is 29.1. The van der Waals surface area contributed by atoms with Crippen LogP contribution in [0.25, 0.3) is 0 Å². The average molecular weight is 571 g/mol. The van der Waals surface area contributed by atoms with Gasteiger partial charge in [0.1, 0.15) is 18.3 Å². The summed E-state index contributed by atoms with van der Waals surface area (Å²) in [6, 6.07) is 9.26. The van der Waals surface area contributed by atoms with Crippen LogP contribution in [0.1, 0.15) is 43.7 Å². The first-order valence-electron chi connectivity index (χ1n) is 12.1. The summed E-state index contributed by atoms with van der Waals surface area (Å²) in [7, 11) is -2.45. The molecule has 1 unspecified atom stereocenters. The van der Waals surface area contributed by atoms with Crippen molar-refractivity contribution in [3.63, 3.8) is 0 Å². The van der Waals surface area contributed by atoms with Gasteiger partial charge in [0.2, 0.25) is 21.8 Å². The summed E-state index contributed by atoms with van der Waals surface area (Å²) < 4.78 is 32.0. The van der Waals surface area contributed by atoms with Gasteiger partial charge in [0, 0.05) is 12.6 Å². The van der Waals surface area contributed by atoms with E-state index in [1.165, 1.54) is 12.0 Å². The molecule has 1 atom stereocenters. The van der Waals surface area contributed by atoms with Gasteiger partial charge in [-0.05, 0) is 62.1 Å². The van der Waals surface area contributed by atoms with Crippen molar-refractivity contribution in [2.45, 2.75) is 58.2 Å². The number of hydrogen-bond donors (Lipinski definition) is 1. The number of carbonyl (C=O) groups is 2. The number of nitrogens with one attached hydrogen (secondary N) is 1. The van der Waals surface area contributed by atoms with E-state index in [1.807, 2.05) is 6.92 Å². The van der Waals surface area contributed by atoms with Gasteiger partial charge in [0.25, 0.3) is 0 Å². The largest absolute Gasteiger partial charge is 0.495 e. The van der Waals surface area contributed by atoms with Gasteiger partial charge in [-0.3, -0.25) is 13.9 Å². The fourth-order valence-electron chi connectivity index (χ4n) is 4.40. The van der Waals surface area contributed by atoms with Crippen molar-refractivity contribution in [1.29, 1.82) is 0 Å². The molecule has 1 aliphatic carbocycles. The van der Waals surface area contributed by atoms with Crippen LogP contribution >= 0.6 is 23.2 Å². The number of carbonyl (C=O) groups excluding carboxylic acids is 2. The fraction of sp³-hybridized carbons (Fsp3) is 0.462. The van der Waals surface area contributed by atoms with Crippen LogP contribution < -0.4 is 14.4 Å². The zero-order chi connectivity index (χ0) is 27.3. The van der Waals surface area contributed by atoms with Gasteiger partial charge >= 0.3 is 0 Å². The first-order valence-corrected chi connectivity index (χ1v) is 14.7. The van der Waals surface area contributed by atoms with Crippen LogP contribution in [0.3, 0.4) is 0 Å². The van der Waals surface area contributed by atoms with Crippen molar-refractivity contribution in [3.05, 3.63) is 57.6 Å². The molecule has 2 aromatic rings. The lowest BCUT2D eigenvalue weighted by Gasteiger charge is -2.32. The zero-order valence-corrected chi connectivity index (χ0v) is 23.8. The Hall–Kier alpha value is -2.49. The molecule has 1 N–H and O–H groups in total. The van der Waals surface area contributed by atoms with E-state index in [9.17, 15) is 18.0 Å². The van der Waals surface area contributed by atoms with Crippen molar-refractivity contribution in [3.8, 4) is 5.75 Å². The highest BCUT2D eigenvalue weighted by molar-refractivity contribution is 7.92. The van der Waals surface area contributed by atoms with Gasteiger partial charge in [0.05, 0.1) is 29.1 Å². The average Bonchev–Trinajstić information content (AvgIpc) is 3.34. The molecule has 11 heteroatoms. The number of nitrogens with zero attached hydrogens (tertiary/aromatic N) is 2. The topological polar surface area (TPSA) is 96.0 Å². The summed E-state index contributed by atoms with van der Waals surface area (Å²) in [5, 5.41) is 3.71. The molecule has 1 aliphatic rings. The van der Waals surface area contributed by atoms with Gasteiger partial charge in [-0.1, -0.05) is 48.2 Å². The normalized spacial score (nSPS) is 14.8. The van der Waals surface area contributed by atoms with Crippen LogP contribution in [0.2, 0.25) is 10.0 Å². The maximum Gasteiger partial charge on any atom is 0.244 e. The van der Waals surface area contributed by atoms with Gasteiger partial charge < -0.3 is 15.0 Å². The summed E-state index contributed by atoms with van der Waals surface area (Å²) in [6.07, 6.45) is 4.92. The van der Waals surface area contributed by atoms with Gasteiger partial charge in [0.15, 0.2) is 0 Å². The summed E-state index contributed by atoms with van der Waals surface area (Å²) in [5.41, 5.74) is 1.70. The van der Waals surface area contributed by atoms with Crippen LogP contribution in [-0.2, 0) is 26.2 Å². The van der Waals surface area contributed by atoms with Gasteiger partial charge in [-0.25, -0.2) is 8.42 Å². The molecule has 202 valence electrons. The van der Waals surface area contributed by atoms with E-state index in [1.54, 1.807) is 43.3 Å². The molecule has 2 aromatic carbocycles. The standard InChI is InChI=1S/C26H33Cl2N3O5S/c1-17-9-12-24(36-3)23(13-17)31(37(4,34)35)16-25(32)30(15-19-10-11-21(27)22(28)14-19)18(2)26(33)29-20-7-5-6-8-20/h9-14,18,20H,5-8,15-16H2,1-4H3,(H,29,33). The second kappa shape index (κ2) is 12.4. The molecule has 1 saturated carbocycles. The Morgan fingerprint density at radius 1 is 1.11 bits per heavy atom. The summed E-state index contributed by atoms with van der Waals surface area (Å²) >= 11 is 12.2. The number of halogens is 2. The molecule has 0 heterocycles. The van der Waals surface area contributed by atoms with E-state index in [-0.39, 0.29) is 24.2 Å². The number of sulfonamides is 1. The second-order valence-corrected chi connectivity index (χ2v) is 12.1. The number of methoxy groups -OCH3 is 1. The second-order valence-electron chi connectivity index (χ2n) is 9.38. The Morgan fingerprint density at radius 3 is 2.38 bits per heavy atom. The number of ether oxygens (including phenoxy) is 1. The van der Waals surface area contributed by atoms with Crippen molar-refractivity contribution < 1.29 is 22.7 Å². The van der Waals surface area contributed by atoms with Crippen molar-refractivity contribution in [2.24, 2.45) is 0 Å². The minimum Gasteiger partial charge on any atom is -0.495 e. The minimum absolute atomic E-state index is 0.0392. The Kier molecular flexibility index (Phi) is 9.72. The molecule has 0 bridgehead atoms. The molecule has 2 amide bonds. The lowest BCUT2D eigenvalue weighted by Crippen LogP contribution is -2.52. The predicted octanol–water partition coefficient (Wildman–Crippen LogP) is 4.55. The molecule has 1 fully saturated rings. The quantitative estimate of drug-likeness (QED) is 0.452. The summed E-state index contributed by atoms with van der Waals surface area (Å²) in [4.78, 5) is 28.3. The van der Waals surface area contributed by atoms with Crippen molar-refractivity contribution in [1.82, 2.24) is 10.2 Å². The van der Waals surface area contributed by atoms with Crippen LogP contribution in [0, 0.1) is 6.92 Å². The van der Waals surface area contributed by atoms with E-state index >= 15 is 0 Å². The van der Waals surface area contributed by atoms with E-state index in [2.05, 4.69) is 5.32 Å². The fourth-order valence-corrected chi connectivity index (χ4v) is 5.56. The molecular formula is C26H33Cl2N3O5S. The molecule has 3 rings (SSSR count). The Balaban J connectivity index is 1.95. The number of benzene rings is 2. The smallest absolute Gasteiger partial charge is 0.244 e. The third-order valence-electron chi connectivity index (χ3n) is 6.49. The van der Waals surface area contributed by atoms with Gasteiger partial charge in [-0.2, -0.15) is 0 Å². The number of rotatable bonds is 10. The zero-order valence-electron chi connectivity index (χ0n) is 21.5. The van der Waals surface area contributed by atoms with E-state index < -0.39 is 28.5 Å². The van der Waals surface area contributed by atoms with E-state index in [4.69, 9.17) is 27.9 Å². The Morgan fingerprint density at radius 2 is 1.78 bits per heavy atom. The highest BCUT2D eigenvalue weighted by Gasteiger charge is 2.32. The number of anilines is 1. The molecule has 0 spiro atoms. The summed E-state index contributed by atoms with van der Waals surface area (Å²) in [5.74, 6) is -0.527. The molecule has 0 saturated heterocycles. The van der Waals surface area contributed by atoms with Gasteiger partial charge in [-0.15, -0.1) is 0 Å². The molecule has 37 heavy (non-hydrogen) atoms. The number of aryl methyl sites for hydroxylation is 1. The summed E-state index contributed by atoms with van der Waals surface area (Å²) in [6.45, 7) is 2.98. The highest BCUT2D eigenvalue weighted by atomic mass is 35.5. The lowest BCUT2D eigenvalue weighted by molar-refractivity contribution is -0.139. The Bertz CT molecular complexity index is 1250. The van der Waals surface area contributed by atoms with Crippen LogP contribution in [-0.4, -0.2) is 57.1 Å². The number of hydrogen-bond acceptors (Lipinski definition) is 5. The predicted molar refractivity (Wildman–Crippen MR) is 147 cm³/mol. The molecule has 0 aliphatic heterocycles. The SMILES string of the molecule is COc1ccc(C)cc1N(CC(=O)N(Cc1ccc(Cl)c(Cl)c1)C(C)C(=O)NC1CCCC1)S(C)(=O)=O. The van der Waals surface area contributed by atoms with Crippen LogP contribution in [0.4, 0.5) is 5.69 Å². The van der Waals surface area contributed by atoms with E-state index in [0.717, 1.165) is 41.8 Å². The monoisotopic (exact) mass is 569 g/mol. The Labute approximate surface area is 228 Å². The molecule has 0 aromatic heterocycles. The van der Waals surface area contributed by atoms with E-state index in [0.29, 0.717) is 21.4 Å². The minimum atomic E-state index is -3.88. The van der Waals surface area contributed by atoms with Crippen molar-refractivity contribution in [2.75, 3.05) is 24.2 Å². The number of amides is 2. The van der Waals surface area contributed by atoms with Crippen molar-refractivity contribution >= 4 is 50.7 Å². The van der Waals surface area contributed by atoms with Crippen LogP contribution in [0.5, 0.6) is 5.75 Å². The van der Waals surface area contributed by atoms with Crippen LogP contribution in [0.15, 0.2) is 36.4 Å². The third kappa shape index (κ3) is 7.52. The molecule has 8 nitrogen and oxygen atoms in total. The highest BCUT2D eigenvalue weighted by Crippen LogP contribution is 2.31. The molecular weight excluding hydrogens is 537 g/mol. The molecule has 0 radical (unpaired) electrons. The third-order valence-corrected chi connectivity index (χ3v) is 8.35.